The molecule has 2 aromatic carbocycles. The van der Waals surface area contributed by atoms with Gasteiger partial charge >= 0.3 is 5.97 Å². The molecule has 0 fully saturated rings. The van der Waals surface area contributed by atoms with E-state index in [0.717, 1.165) is 5.56 Å². The van der Waals surface area contributed by atoms with Gasteiger partial charge in [0.05, 0.1) is 0 Å². The van der Waals surface area contributed by atoms with E-state index in [9.17, 15) is 14.0 Å². The highest BCUT2D eigenvalue weighted by molar-refractivity contribution is 7.11. The molecular weight excluding hydrogens is 397 g/mol. The number of benzene rings is 2. The van der Waals surface area contributed by atoms with E-state index < -0.39 is 23.8 Å². The van der Waals surface area contributed by atoms with Gasteiger partial charge in [-0.25, -0.2) is 9.18 Å². The lowest BCUT2D eigenvalue weighted by Crippen LogP contribution is -2.32. The first-order chi connectivity index (χ1) is 14.1. The molecule has 29 heavy (non-hydrogen) atoms. The molecule has 0 bridgehead atoms. The summed E-state index contributed by atoms with van der Waals surface area (Å²) in [6, 6.07) is 14.3. The lowest BCUT2D eigenvalue weighted by molar-refractivity contribution is -0.130. The van der Waals surface area contributed by atoms with E-state index in [1.54, 1.807) is 41.8 Å². The van der Waals surface area contributed by atoms with Crippen molar-refractivity contribution in [2.75, 3.05) is 6.79 Å². The minimum absolute atomic E-state index is 0.0133. The largest absolute Gasteiger partial charge is 0.454 e. The Labute approximate surface area is 169 Å². The van der Waals surface area contributed by atoms with Crippen molar-refractivity contribution in [3.05, 3.63) is 81.8 Å². The molecule has 3 aromatic rings. The third-order valence-electron chi connectivity index (χ3n) is 4.28. The lowest BCUT2D eigenvalue weighted by atomic mass is 10.1. The maximum absolute atomic E-state index is 14.3. The molecule has 0 aliphatic carbocycles. The third-order valence-corrected chi connectivity index (χ3v) is 5.13. The fraction of sp³-hybridized carbons (Fsp3) is 0.143. The van der Waals surface area contributed by atoms with Crippen LogP contribution in [-0.4, -0.2) is 18.7 Å². The molecule has 6 nitrogen and oxygen atoms in total. The fourth-order valence-corrected chi connectivity index (χ4v) is 3.44. The zero-order valence-corrected chi connectivity index (χ0v) is 15.9. The summed E-state index contributed by atoms with van der Waals surface area (Å²) in [6.45, 7) is 0.302. The number of nitrogens with one attached hydrogen (secondary N) is 1. The summed E-state index contributed by atoms with van der Waals surface area (Å²) in [5.74, 6) is -0.723. The van der Waals surface area contributed by atoms with Gasteiger partial charge in [-0.05, 0) is 35.2 Å². The molecule has 1 amide bonds. The van der Waals surface area contributed by atoms with Crippen molar-refractivity contribution in [3.63, 3.8) is 0 Å². The van der Waals surface area contributed by atoms with Crippen molar-refractivity contribution >= 4 is 23.2 Å². The van der Waals surface area contributed by atoms with Crippen LogP contribution in [0.1, 0.15) is 26.9 Å². The standard InChI is InChI=1S/C21H16FNO5S/c22-15-5-2-1-4-14(15)19(28-21(25)18-6-3-9-29-18)20(24)23-11-13-7-8-16-17(10-13)27-12-26-16/h1-10,19H,11-12H2,(H,23,24)/t19-/m1/s1. The molecule has 1 atom stereocenters. The number of amides is 1. The van der Waals surface area contributed by atoms with Crippen LogP contribution in [0, 0.1) is 5.82 Å². The van der Waals surface area contributed by atoms with Gasteiger partial charge in [0.15, 0.2) is 11.5 Å². The van der Waals surface area contributed by atoms with Crippen molar-refractivity contribution in [2.24, 2.45) is 0 Å². The maximum atomic E-state index is 14.3. The van der Waals surface area contributed by atoms with E-state index in [0.29, 0.717) is 16.4 Å². The van der Waals surface area contributed by atoms with E-state index in [2.05, 4.69) is 5.32 Å². The number of hydrogen-bond donors (Lipinski definition) is 1. The Hall–Kier alpha value is -3.39. The van der Waals surface area contributed by atoms with E-state index in [1.165, 1.54) is 29.5 Å². The number of carbonyl (C=O) groups excluding carboxylic acids is 2. The summed E-state index contributed by atoms with van der Waals surface area (Å²) in [5, 5.41) is 4.41. The lowest BCUT2D eigenvalue weighted by Gasteiger charge is -2.18. The van der Waals surface area contributed by atoms with Crippen LogP contribution in [0.2, 0.25) is 0 Å². The van der Waals surface area contributed by atoms with Gasteiger partial charge < -0.3 is 19.5 Å². The first-order valence-electron chi connectivity index (χ1n) is 8.77. The van der Waals surface area contributed by atoms with Crippen LogP contribution in [-0.2, 0) is 16.1 Å². The molecule has 0 radical (unpaired) electrons. The molecule has 0 unspecified atom stereocenters. The highest BCUT2D eigenvalue weighted by atomic mass is 32.1. The van der Waals surface area contributed by atoms with E-state index in [4.69, 9.17) is 14.2 Å². The second-order valence-electron chi connectivity index (χ2n) is 6.19. The second-order valence-corrected chi connectivity index (χ2v) is 7.14. The van der Waals surface area contributed by atoms with E-state index >= 15 is 0 Å². The van der Waals surface area contributed by atoms with Gasteiger partial charge in [-0.1, -0.05) is 30.3 Å². The Bertz CT molecular complexity index is 1040. The number of hydrogen-bond acceptors (Lipinski definition) is 6. The van der Waals surface area contributed by atoms with Crippen LogP contribution in [0.3, 0.4) is 0 Å². The molecule has 0 saturated carbocycles. The van der Waals surface area contributed by atoms with Crippen LogP contribution in [0.5, 0.6) is 11.5 Å². The fourth-order valence-electron chi connectivity index (χ4n) is 2.84. The van der Waals surface area contributed by atoms with Crippen molar-refractivity contribution in [1.29, 1.82) is 0 Å². The summed E-state index contributed by atoms with van der Waals surface area (Å²) < 4.78 is 30.2. The Kier molecular flexibility index (Phi) is 5.44. The molecule has 1 aliphatic rings. The molecule has 4 rings (SSSR count). The molecule has 1 N–H and O–H groups in total. The van der Waals surface area contributed by atoms with Gasteiger partial charge in [0.2, 0.25) is 12.9 Å². The van der Waals surface area contributed by atoms with Crippen LogP contribution in [0.25, 0.3) is 0 Å². The SMILES string of the molecule is O=C(O[C@@H](C(=O)NCc1ccc2c(c1)OCO2)c1ccccc1F)c1cccs1. The van der Waals surface area contributed by atoms with Crippen molar-refractivity contribution in [1.82, 2.24) is 5.32 Å². The van der Waals surface area contributed by atoms with Gasteiger partial charge in [0.25, 0.3) is 5.91 Å². The topological polar surface area (TPSA) is 73.9 Å². The van der Waals surface area contributed by atoms with Gasteiger partial charge in [0.1, 0.15) is 10.7 Å². The average molecular weight is 413 g/mol. The highest BCUT2D eigenvalue weighted by Gasteiger charge is 2.28. The van der Waals surface area contributed by atoms with Crippen LogP contribution in [0.4, 0.5) is 4.39 Å². The summed E-state index contributed by atoms with van der Waals surface area (Å²) in [5.41, 5.74) is 0.750. The predicted molar refractivity (Wildman–Crippen MR) is 103 cm³/mol. The Balaban J connectivity index is 1.51. The van der Waals surface area contributed by atoms with Gasteiger partial charge in [0, 0.05) is 12.1 Å². The molecule has 148 valence electrons. The molecule has 0 spiro atoms. The molecule has 0 saturated heterocycles. The van der Waals surface area contributed by atoms with Gasteiger partial charge in [-0.3, -0.25) is 4.79 Å². The number of halogens is 1. The summed E-state index contributed by atoms with van der Waals surface area (Å²) in [6.07, 6.45) is -1.42. The Morgan fingerprint density at radius 1 is 1.10 bits per heavy atom. The minimum atomic E-state index is -1.42. The van der Waals surface area contributed by atoms with Crippen molar-refractivity contribution in [2.45, 2.75) is 12.6 Å². The normalized spacial score (nSPS) is 13.0. The molecule has 1 aliphatic heterocycles. The number of fused-ring (bicyclic) bond motifs is 1. The number of thiophene rings is 1. The quantitative estimate of drug-likeness (QED) is 0.622. The van der Waals surface area contributed by atoms with E-state index in [1.807, 2.05) is 0 Å². The number of rotatable bonds is 6. The zero-order valence-electron chi connectivity index (χ0n) is 15.1. The number of esters is 1. The highest BCUT2D eigenvalue weighted by Crippen LogP contribution is 2.32. The maximum Gasteiger partial charge on any atom is 0.349 e. The molecule has 8 heteroatoms. The number of carbonyl (C=O) groups is 2. The third kappa shape index (κ3) is 4.22. The number of ether oxygens (including phenoxy) is 3. The smallest absolute Gasteiger partial charge is 0.349 e. The average Bonchev–Trinajstić information content (AvgIpc) is 3.42. The predicted octanol–water partition coefficient (Wildman–Crippen LogP) is 3.83. The van der Waals surface area contributed by atoms with Crippen LogP contribution in [0.15, 0.2) is 60.0 Å². The zero-order chi connectivity index (χ0) is 20.2. The molecule has 2 heterocycles. The van der Waals surface area contributed by atoms with Crippen LogP contribution < -0.4 is 14.8 Å². The Morgan fingerprint density at radius 3 is 2.72 bits per heavy atom. The first kappa shape index (κ1) is 18.9. The first-order valence-corrected chi connectivity index (χ1v) is 9.65. The molecule has 1 aromatic heterocycles. The Morgan fingerprint density at radius 2 is 1.93 bits per heavy atom. The van der Waals surface area contributed by atoms with Gasteiger partial charge in [-0.15, -0.1) is 11.3 Å². The summed E-state index contributed by atoms with van der Waals surface area (Å²) in [4.78, 5) is 25.5. The van der Waals surface area contributed by atoms with Crippen LogP contribution >= 0.6 is 11.3 Å². The van der Waals surface area contributed by atoms with Crippen molar-refractivity contribution < 1.29 is 28.2 Å². The summed E-state index contributed by atoms with van der Waals surface area (Å²) >= 11 is 1.18. The second kappa shape index (κ2) is 8.32. The molecular formula is C21H16FNO5S. The van der Waals surface area contributed by atoms with Gasteiger partial charge in [-0.2, -0.15) is 0 Å². The monoisotopic (exact) mass is 413 g/mol. The van der Waals surface area contributed by atoms with E-state index in [-0.39, 0.29) is 18.9 Å². The van der Waals surface area contributed by atoms with Crippen molar-refractivity contribution in [3.8, 4) is 11.5 Å². The minimum Gasteiger partial charge on any atom is -0.454 e. The summed E-state index contributed by atoms with van der Waals surface area (Å²) in [7, 11) is 0.